The average Bonchev–Trinajstić information content (AvgIpc) is 3.26. The number of rotatable bonds is 3. The molecule has 0 bridgehead atoms. The van der Waals surface area contributed by atoms with Crippen LogP contribution in [-0.2, 0) is 17.7 Å². The van der Waals surface area contributed by atoms with Crippen molar-refractivity contribution in [3.8, 4) is 11.6 Å². The summed E-state index contributed by atoms with van der Waals surface area (Å²) in [6.45, 7) is 8.26. The number of amides is 2. The predicted molar refractivity (Wildman–Crippen MR) is 138 cm³/mol. The van der Waals surface area contributed by atoms with Gasteiger partial charge in [0.05, 0.1) is 29.6 Å². The Hall–Kier alpha value is -4.47. The second kappa shape index (κ2) is 9.53. The maximum Gasteiger partial charge on any atom is 0.410 e. The van der Waals surface area contributed by atoms with Crippen LogP contribution in [0.2, 0.25) is 0 Å². The summed E-state index contributed by atoms with van der Waals surface area (Å²) in [6.07, 6.45) is 6.68. The lowest BCUT2D eigenvalue weighted by Gasteiger charge is -2.30. The van der Waals surface area contributed by atoms with Crippen LogP contribution in [-0.4, -0.2) is 48.7 Å². The normalized spacial score (nSPS) is 13.2. The summed E-state index contributed by atoms with van der Waals surface area (Å²) in [6, 6.07) is 8.91. The van der Waals surface area contributed by atoms with Crippen molar-refractivity contribution in [2.45, 2.75) is 46.3 Å². The van der Waals surface area contributed by atoms with Crippen molar-refractivity contribution >= 4 is 28.7 Å². The van der Waals surface area contributed by atoms with Gasteiger partial charge in [-0.15, -0.1) is 0 Å². The summed E-state index contributed by atoms with van der Waals surface area (Å²) >= 11 is 0. The van der Waals surface area contributed by atoms with Crippen LogP contribution in [0.3, 0.4) is 0 Å². The molecule has 0 saturated carbocycles. The molecule has 37 heavy (non-hydrogen) atoms. The predicted octanol–water partition coefficient (Wildman–Crippen LogP) is 5.30. The zero-order valence-corrected chi connectivity index (χ0v) is 21.2. The Bertz CT molecular complexity index is 1490. The summed E-state index contributed by atoms with van der Waals surface area (Å²) in [7, 11) is 0. The monoisotopic (exact) mass is 500 g/mol. The summed E-state index contributed by atoms with van der Waals surface area (Å²) in [4.78, 5) is 39.8. The van der Waals surface area contributed by atoms with E-state index in [0.29, 0.717) is 36.8 Å². The maximum atomic E-state index is 12.8. The van der Waals surface area contributed by atoms with Crippen LogP contribution in [0.1, 0.15) is 37.6 Å². The highest BCUT2D eigenvalue weighted by molar-refractivity contribution is 5.98. The molecule has 1 aliphatic rings. The number of carbonyl (C=O) groups is 2. The Kier molecular flexibility index (Phi) is 6.24. The Morgan fingerprint density at radius 1 is 1.08 bits per heavy atom. The zero-order chi connectivity index (χ0) is 26.2. The molecule has 190 valence electrons. The second-order valence-corrected chi connectivity index (χ2v) is 9.95. The fraction of sp³-hybridized carbons (Fsp3) is 0.296. The lowest BCUT2D eigenvalue weighted by molar-refractivity contribution is 0.0219. The van der Waals surface area contributed by atoms with E-state index >= 15 is 0 Å². The molecule has 1 N–H and O–H groups in total. The third-order valence-corrected chi connectivity index (χ3v) is 5.84. The molecule has 0 atom stereocenters. The first-order valence-corrected chi connectivity index (χ1v) is 12.0. The van der Waals surface area contributed by atoms with E-state index in [4.69, 9.17) is 9.47 Å². The number of carbonyl (C=O) groups excluding carboxylic acids is 2. The smallest absolute Gasteiger partial charge is 0.410 e. The van der Waals surface area contributed by atoms with Gasteiger partial charge in [-0.1, -0.05) is 0 Å². The van der Waals surface area contributed by atoms with Gasteiger partial charge in [0.1, 0.15) is 17.7 Å². The van der Waals surface area contributed by atoms with Crippen molar-refractivity contribution in [3.63, 3.8) is 0 Å². The third-order valence-electron chi connectivity index (χ3n) is 5.84. The zero-order valence-electron chi connectivity index (χ0n) is 21.2. The van der Waals surface area contributed by atoms with E-state index in [-0.39, 0.29) is 12.1 Å². The lowest BCUT2D eigenvalue weighted by Crippen LogP contribution is -2.40. The second-order valence-electron chi connectivity index (χ2n) is 9.95. The number of nitrogens with one attached hydrogen (secondary N) is 1. The van der Waals surface area contributed by atoms with Gasteiger partial charge < -0.3 is 19.7 Å². The van der Waals surface area contributed by atoms with Crippen molar-refractivity contribution < 1.29 is 19.1 Å². The van der Waals surface area contributed by atoms with Crippen molar-refractivity contribution in [2.75, 3.05) is 11.9 Å². The molecule has 0 spiro atoms. The number of aryl methyl sites for hydroxylation is 1. The highest BCUT2D eigenvalue weighted by Crippen LogP contribution is 2.31. The lowest BCUT2D eigenvalue weighted by atomic mass is 10.1. The molecular weight excluding hydrogens is 472 g/mol. The Labute approximate surface area is 214 Å². The Morgan fingerprint density at radius 2 is 1.92 bits per heavy atom. The molecule has 10 heteroatoms. The largest absolute Gasteiger partial charge is 0.444 e. The summed E-state index contributed by atoms with van der Waals surface area (Å²) < 4.78 is 13.2. The molecule has 10 nitrogen and oxygen atoms in total. The van der Waals surface area contributed by atoms with E-state index in [1.165, 1.54) is 6.33 Å². The van der Waals surface area contributed by atoms with Crippen molar-refractivity contribution in [1.82, 2.24) is 24.4 Å². The Morgan fingerprint density at radius 3 is 2.70 bits per heavy atom. The van der Waals surface area contributed by atoms with Crippen molar-refractivity contribution in [3.05, 3.63) is 72.1 Å². The van der Waals surface area contributed by atoms with Gasteiger partial charge in [-0.05, 0) is 70.0 Å². The van der Waals surface area contributed by atoms with Crippen LogP contribution in [0, 0.1) is 6.92 Å². The van der Waals surface area contributed by atoms with Gasteiger partial charge in [0.15, 0.2) is 0 Å². The molecule has 0 saturated heterocycles. The van der Waals surface area contributed by atoms with Gasteiger partial charge >= 0.3 is 12.1 Å². The third kappa shape index (κ3) is 5.37. The molecule has 1 aromatic carbocycles. The van der Waals surface area contributed by atoms with E-state index in [9.17, 15) is 9.59 Å². The molecule has 5 rings (SSSR count). The molecule has 4 heterocycles. The number of anilines is 1. The molecular formula is C27H28N6O4. The number of pyridine rings is 1. The van der Waals surface area contributed by atoms with E-state index in [2.05, 4.69) is 20.3 Å². The quantitative estimate of drug-likeness (QED) is 0.406. The first kappa shape index (κ1) is 24.2. The van der Waals surface area contributed by atoms with Crippen LogP contribution in [0.5, 0.6) is 11.6 Å². The maximum absolute atomic E-state index is 12.8. The van der Waals surface area contributed by atoms with Gasteiger partial charge in [0.2, 0.25) is 5.88 Å². The number of nitrogens with zero attached hydrogens (tertiary/aromatic N) is 5. The summed E-state index contributed by atoms with van der Waals surface area (Å²) in [5.41, 5.74) is 3.37. The summed E-state index contributed by atoms with van der Waals surface area (Å²) in [5, 5.41) is 3.71. The number of benzene rings is 1. The summed E-state index contributed by atoms with van der Waals surface area (Å²) in [5.74, 6) is 1.04. The SMILES string of the molecule is Cc1cncc(NC(=O)n2ccc3cc(Oc4ncnc5c4CCN(C(=O)OC(C)(C)C)C5)ccc32)c1. The molecule has 1 aliphatic heterocycles. The van der Waals surface area contributed by atoms with Crippen LogP contribution in [0.4, 0.5) is 15.3 Å². The van der Waals surface area contributed by atoms with E-state index in [1.807, 2.05) is 52.0 Å². The minimum Gasteiger partial charge on any atom is -0.444 e. The molecule has 0 aliphatic carbocycles. The van der Waals surface area contributed by atoms with Gasteiger partial charge in [-0.3, -0.25) is 9.55 Å². The average molecular weight is 501 g/mol. The van der Waals surface area contributed by atoms with Gasteiger partial charge in [0, 0.05) is 29.9 Å². The van der Waals surface area contributed by atoms with E-state index < -0.39 is 5.60 Å². The molecule has 4 aromatic rings. The molecule has 2 amide bonds. The topological polar surface area (TPSA) is 111 Å². The van der Waals surface area contributed by atoms with Crippen LogP contribution in [0.15, 0.2) is 55.2 Å². The van der Waals surface area contributed by atoms with Crippen molar-refractivity contribution in [1.29, 1.82) is 0 Å². The number of hydrogen-bond acceptors (Lipinski definition) is 7. The number of aromatic nitrogens is 4. The van der Waals surface area contributed by atoms with E-state index in [1.54, 1.807) is 34.1 Å². The first-order valence-electron chi connectivity index (χ1n) is 12.0. The highest BCUT2D eigenvalue weighted by Gasteiger charge is 2.28. The standard InChI is InChI=1S/C27H28N6O4/c1-17-11-19(14-28-13-17)31-25(34)33-10-7-18-12-20(5-6-23(18)33)36-24-21-8-9-32(15-22(21)29-16-30-24)26(35)37-27(2,3)4/h5-7,10-14,16H,8-9,15H2,1-4H3,(H,31,34). The minimum atomic E-state index is -0.562. The molecule has 0 radical (unpaired) electrons. The van der Waals surface area contributed by atoms with Crippen LogP contribution < -0.4 is 10.1 Å². The molecule has 0 unspecified atom stereocenters. The minimum absolute atomic E-state index is 0.282. The first-order chi connectivity index (χ1) is 17.7. The fourth-order valence-electron chi connectivity index (χ4n) is 4.17. The molecule has 0 fully saturated rings. The van der Waals surface area contributed by atoms with Crippen molar-refractivity contribution in [2.24, 2.45) is 0 Å². The van der Waals surface area contributed by atoms with Crippen LogP contribution in [0.25, 0.3) is 10.9 Å². The number of hydrogen-bond donors (Lipinski definition) is 1. The van der Waals surface area contributed by atoms with Gasteiger partial charge in [-0.2, -0.15) is 0 Å². The van der Waals surface area contributed by atoms with Gasteiger partial charge in [0.25, 0.3) is 0 Å². The van der Waals surface area contributed by atoms with E-state index in [0.717, 1.165) is 27.7 Å². The number of fused-ring (bicyclic) bond motifs is 2. The van der Waals surface area contributed by atoms with Gasteiger partial charge in [-0.25, -0.2) is 19.6 Å². The fourth-order valence-corrected chi connectivity index (χ4v) is 4.17. The molecule has 3 aromatic heterocycles. The van der Waals surface area contributed by atoms with Crippen LogP contribution >= 0.6 is 0 Å². The highest BCUT2D eigenvalue weighted by atomic mass is 16.6. The Balaban J connectivity index is 1.32. The number of ether oxygens (including phenoxy) is 2.